The third kappa shape index (κ3) is 1.76. The van der Waals surface area contributed by atoms with Gasteiger partial charge in [0.15, 0.2) is 22.9 Å². The van der Waals surface area contributed by atoms with Crippen molar-refractivity contribution in [3.63, 3.8) is 0 Å². The van der Waals surface area contributed by atoms with E-state index in [1.807, 2.05) is 0 Å². The number of phenols is 1. The molecule has 0 fully saturated rings. The third-order valence-electron chi connectivity index (χ3n) is 2.83. The molecule has 0 unspecified atom stereocenters. The van der Waals surface area contributed by atoms with Crippen LogP contribution in [0.25, 0.3) is 22.5 Å². The molecule has 0 bridgehead atoms. The summed E-state index contributed by atoms with van der Waals surface area (Å²) in [5.41, 5.74) is 0.561. The maximum atomic E-state index is 11.7. The number of phenolic OH excluding ortho intramolecular Hbond substituents is 1. The predicted octanol–water partition coefficient (Wildman–Crippen LogP) is 3.19. The molecule has 2 aromatic heterocycles. The zero-order valence-corrected chi connectivity index (χ0v) is 10.0. The van der Waals surface area contributed by atoms with E-state index in [1.54, 1.807) is 18.2 Å². The van der Waals surface area contributed by atoms with E-state index in [9.17, 15) is 9.90 Å². The number of aromatic hydroxyl groups is 1. The van der Waals surface area contributed by atoms with Crippen molar-refractivity contribution in [3.8, 4) is 17.3 Å². The highest BCUT2D eigenvalue weighted by Gasteiger charge is 2.18. The van der Waals surface area contributed by atoms with Gasteiger partial charge >= 0.3 is 5.97 Å². The Morgan fingerprint density at radius 3 is 2.79 bits per heavy atom. The summed E-state index contributed by atoms with van der Waals surface area (Å²) in [7, 11) is 1.30. The molecule has 1 N–H and O–H groups in total. The van der Waals surface area contributed by atoms with Gasteiger partial charge in [0.2, 0.25) is 0 Å². The molecule has 0 aliphatic heterocycles. The normalized spacial score (nSPS) is 10.8. The van der Waals surface area contributed by atoms with Crippen molar-refractivity contribution in [2.45, 2.75) is 0 Å². The van der Waals surface area contributed by atoms with Gasteiger partial charge in [-0.25, -0.2) is 4.79 Å². The summed E-state index contributed by atoms with van der Waals surface area (Å²) in [6.45, 7) is 0. The van der Waals surface area contributed by atoms with Crippen molar-refractivity contribution in [1.29, 1.82) is 0 Å². The molecule has 0 aliphatic carbocycles. The fourth-order valence-corrected chi connectivity index (χ4v) is 1.94. The molecule has 0 aliphatic rings. The Morgan fingerprint density at radius 2 is 2.11 bits per heavy atom. The predicted molar refractivity (Wildman–Crippen MR) is 66.9 cm³/mol. The van der Waals surface area contributed by atoms with Crippen LogP contribution < -0.4 is 0 Å². The van der Waals surface area contributed by atoms with Crippen LogP contribution in [0.4, 0.5) is 0 Å². The smallest absolute Gasteiger partial charge is 0.338 e. The first-order chi connectivity index (χ1) is 9.20. The summed E-state index contributed by atoms with van der Waals surface area (Å²) < 4.78 is 15.4. The topological polar surface area (TPSA) is 72.8 Å². The van der Waals surface area contributed by atoms with Crippen molar-refractivity contribution in [2.24, 2.45) is 0 Å². The van der Waals surface area contributed by atoms with Crippen LogP contribution in [0.3, 0.4) is 0 Å². The highest BCUT2D eigenvalue weighted by atomic mass is 16.5. The molecule has 0 saturated carbocycles. The Kier molecular flexibility index (Phi) is 2.52. The Hall–Kier alpha value is -2.69. The van der Waals surface area contributed by atoms with E-state index in [4.69, 9.17) is 13.6 Å². The van der Waals surface area contributed by atoms with Crippen LogP contribution >= 0.6 is 0 Å². The standard InChI is InChI=1S/C14H10O5/c1-17-14(16)8-4-5-10(15)13-9(8)7-12(19-13)11-3-2-6-18-11/h2-7,15H,1H3. The largest absolute Gasteiger partial charge is 0.504 e. The summed E-state index contributed by atoms with van der Waals surface area (Å²) >= 11 is 0. The van der Waals surface area contributed by atoms with Gasteiger partial charge in [-0.3, -0.25) is 0 Å². The summed E-state index contributed by atoms with van der Waals surface area (Å²) in [6, 6.07) is 7.98. The molecule has 1 aromatic carbocycles. The van der Waals surface area contributed by atoms with E-state index in [-0.39, 0.29) is 11.3 Å². The van der Waals surface area contributed by atoms with Crippen molar-refractivity contribution < 1.29 is 23.5 Å². The summed E-state index contributed by atoms with van der Waals surface area (Å²) in [6.07, 6.45) is 1.52. The maximum Gasteiger partial charge on any atom is 0.338 e. The van der Waals surface area contributed by atoms with Gasteiger partial charge < -0.3 is 18.7 Å². The van der Waals surface area contributed by atoms with Gasteiger partial charge in [-0.05, 0) is 30.3 Å². The number of esters is 1. The number of rotatable bonds is 2. The van der Waals surface area contributed by atoms with E-state index in [0.29, 0.717) is 22.5 Å². The number of fused-ring (bicyclic) bond motifs is 1. The van der Waals surface area contributed by atoms with Crippen LogP contribution in [-0.2, 0) is 4.74 Å². The molecule has 3 aromatic rings. The first-order valence-corrected chi connectivity index (χ1v) is 5.58. The second-order valence-electron chi connectivity index (χ2n) is 3.95. The molecule has 19 heavy (non-hydrogen) atoms. The highest BCUT2D eigenvalue weighted by molar-refractivity contribution is 6.05. The SMILES string of the molecule is COC(=O)c1ccc(O)c2oc(-c3ccco3)cc12. The quantitative estimate of drug-likeness (QED) is 0.714. The molecule has 0 radical (unpaired) electrons. The first-order valence-electron chi connectivity index (χ1n) is 5.58. The molecule has 0 spiro atoms. The van der Waals surface area contributed by atoms with Gasteiger partial charge in [0.05, 0.1) is 18.9 Å². The lowest BCUT2D eigenvalue weighted by Crippen LogP contribution is -2.00. The van der Waals surface area contributed by atoms with Crippen molar-refractivity contribution in [2.75, 3.05) is 7.11 Å². The number of benzene rings is 1. The van der Waals surface area contributed by atoms with Crippen LogP contribution in [0.15, 0.2) is 45.4 Å². The monoisotopic (exact) mass is 258 g/mol. The number of methoxy groups -OCH3 is 1. The van der Waals surface area contributed by atoms with E-state index >= 15 is 0 Å². The average Bonchev–Trinajstić information content (AvgIpc) is 3.07. The fraction of sp³-hybridized carbons (Fsp3) is 0.0714. The van der Waals surface area contributed by atoms with Crippen molar-refractivity contribution in [1.82, 2.24) is 0 Å². The molecule has 3 rings (SSSR count). The van der Waals surface area contributed by atoms with Gasteiger partial charge in [0.25, 0.3) is 0 Å². The zero-order chi connectivity index (χ0) is 13.4. The van der Waals surface area contributed by atoms with Crippen LogP contribution in [0, 0.1) is 0 Å². The van der Waals surface area contributed by atoms with E-state index in [2.05, 4.69) is 0 Å². The Labute approximate surface area is 108 Å². The van der Waals surface area contributed by atoms with Gasteiger partial charge in [0.1, 0.15) is 0 Å². The number of carbonyl (C=O) groups excluding carboxylic acids is 1. The maximum absolute atomic E-state index is 11.7. The lowest BCUT2D eigenvalue weighted by molar-refractivity contribution is 0.0603. The first kappa shape index (κ1) is 11.4. The number of ether oxygens (including phenoxy) is 1. The van der Waals surface area contributed by atoms with Gasteiger partial charge in [0, 0.05) is 5.39 Å². The highest BCUT2D eigenvalue weighted by Crippen LogP contribution is 2.35. The molecular formula is C14H10O5. The van der Waals surface area contributed by atoms with E-state index in [0.717, 1.165) is 0 Å². The molecule has 96 valence electrons. The van der Waals surface area contributed by atoms with Crippen LogP contribution in [-0.4, -0.2) is 18.2 Å². The van der Waals surface area contributed by atoms with E-state index in [1.165, 1.54) is 25.5 Å². The molecule has 5 nitrogen and oxygen atoms in total. The Balaban J connectivity index is 2.26. The number of hydrogen-bond donors (Lipinski definition) is 1. The zero-order valence-electron chi connectivity index (χ0n) is 10.0. The minimum Gasteiger partial charge on any atom is -0.504 e. The van der Waals surface area contributed by atoms with Crippen LogP contribution in [0.2, 0.25) is 0 Å². The van der Waals surface area contributed by atoms with Crippen LogP contribution in [0.1, 0.15) is 10.4 Å². The van der Waals surface area contributed by atoms with Crippen molar-refractivity contribution in [3.05, 3.63) is 42.2 Å². The Bertz CT molecular complexity index is 737. The molecule has 0 atom stereocenters. The van der Waals surface area contributed by atoms with Crippen LogP contribution in [0.5, 0.6) is 5.75 Å². The Morgan fingerprint density at radius 1 is 1.26 bits per heavy atom. The number of furan rings is 2. The van der Waals surface area contributed by atoms with Gasteiger partial charge in [-0.15, -0.1) is 0 Å². The van der Waals surface area contributed by atoms with Gasteiger partial charge in [-0.2, -0.15) is 0 Å². The van der Waals surface area contributed by atoms with Crippen molar-refractivity contribution >= 4 is 16.9 Å². The molecular weight excluding hydrogens is 248 g/mol. The summed E-state index contributed by atoms with van der Waals surface area (Å²) in [5.74, 6) is 0.426. The minimum absolute atomic E-state index is 0.0412. The second kappa shape index (κ2) is 4.20. The van der Waals surface area contributed by atoms with Gasteiger partial charge in [-0.1, -0.05) is 0 Å². The lowest BCUT2D eigenvalue weighted by Gasteiger charge is -2.00. The summed E-state index contributed by atoms with van der Waals surface area (Å²) in [4.78, 5) is 11.7. The number of hydrogen-bond acceptors (Lipinski definition) is 5. The van der Waals surface area contributed by atoms with E-state index < -0.39 is 5.97 Å². The fourth-order valence-electron chi connectivity index (χ4n) is 1.94. The molecule has 0 saturated heterocycles. The third-order valence-corrected chi connectivity index (χ3v) is 2.83. The second-order valence-corrected chi connectivity index (χ2v) is 3.95. The summed E-state index contributed by atoms with van der Waals surface area (Å²) in [5, 5.41) is 10.3. The molecule has 2 heterocycles. The number of carbonyl (C=O) groups is 1. The minimum atomic E-state index is -0.489. The molecule has 0 amide bonds. The lowest BCUT2D eigenvalue weighted by atomic mass is 10.1. The molecule has 5 heteroatoms. The average molecular weight is 258 g/mol.